The summed E-state index contributed by atoms with van der Waals surface area (Å²) >= 11 is 0. The number of carbonyl (C=O) groups excluding carboxylic acids is 1. The monoisotopic (exact) mass is 262 g/mol. The van der Waals surface area contributed by atoms with E-state index in [0.29, 0.717) is 23.6 Å². The highest BCUT2D eigenvalue weighted by Crippen LogP contribution is 2.30. The van der Waals surface area contributed by atoms with Gasteiger partial charge >= 0.3 is 0 Å². The van der Waals surface area contributed by atoms with Crippen LogP contribution in [0.15, 0.2) is 18.5 Å². The topological polar surface area (TPSA) is 62.2 Å². The Labute approximate surface area is 114 Å². The number of nitrogens with zero attached hydrogens (tertiary/aromatic N) is 1. The summed E-state index contributed by atoms with van der Waals surface area (Å²) in [5.41, 5.74) is 1.33. The van der Waals surface area contributed by atoms with Crippen LogP contribution in [0.2, 0.25) is 0 Å². The van der Waals surface area contributed by atoms with E-state index in [4.69, 9.17) is 0 Å². The van der Waals surface area contributed by atoms with Crippen LogP contribution in [0.1, 0.15) is 44.6 Å². The lowest BCUT2D eigenvalue weighted by Gasteiger charge is -2.26. The van der Waals surface area contributed by atoms with Crippen molar-refractivity contribution in [2.24, 2.45) is 11.8 Å². The molecule has 2 atom stereocenters. The summed E-state index contributed by atoms with van der Waals surface area (Å²) in [4.78, 5) is 16.0. The highest BCUT2D eigenvalue weighted by molar-refractivity contribution is 5.91. The summed E-state index contributed by atoms with van der Waals surface area (Å²) < 4.78 is 0. The molecule has 2 unspecified atom stereocenters. The molecule has 0 aliphatic heterocycles. The van der Waals surface area contributed by atoms with E-state index in [-0.39, 0.29) is 12.5 Å². The largest absolute Gasteiger partial charge is 0.392 e. The van der Waals surface area contributed by atoms with Crippen LogP contribution in [0, 0.1) is 11.8 Å². The molecular weight excluding hydrogens is 240 g/mol. The van der Waals surface area contributed by atoms with E-state index in [0.717, 1.165) is 18.8 Å². The number of hydrogen-bond donors (Lipinski definition) is 2. The van der Waals surface area contributed by atoms with Gasteiger partial charge in [0, 0.05) is 18.2 Å². The molecule has 1 heterocycles. The molecular formula is C15H22N2O2. The molecule has 1 aliphatic rings. The maximum absolute atomic E-state index is 12.0. The van der Waals surface area contributed by atoms with Gasteiger partial charge in [-0.1, -0.05) is 19.8 Å². The smallest absolute Gasteiger partial charge is 0.224 e. The van der Waals surface area contributed by atoms with Crippen molar-refractivity contribution in [3.8, 4) is 0 Å². The number of aliphatic hydroxyl groups is 1. The molecule has 4 heteroatoms. The van der Waals surface area contributed by atoms with Crippen LogP contribution in [0.5, 0.6) is 0 Å². The first kappa shape index (κ1) is 14.0. The van der Waals surface area contributed by atoms with Gasteiger partial charge in [0.1, 0.15) is 0 Å². The van der Waals surface area contributed by atoms with Gasteiger partial charge in [-0.25, -0.2) is 0 Å². The standard InChI is InChI=1S/C15H22N2O2/c1-11-3-2-4-12(7-11)8-15(19)17-14-9-16-6-5-13(14)10-18/h5-6,9,11-12,18H,2-4,7-8,10H2,1H3,(H,17,19). The van der Waals surface area contributed by atoms with Crippen molar-refractivity contribution in [2.45, 2.75) is 45.6 Å². The molecule has 1 aromatic rings. The van der Waals surface area contributed by atoms with Gasteiger partial charge in [0.25, 0.3) is 0 Å². The number of anilines is 1. The predicted octanol–water partition coefficient (Wildman–Crippen LogP) is 2.73. The second-order valence-corrected chi connectivity index (χ2v) is 5.58. The van der Waals surface area contributed by atoms with E-state index in [2.05, 4.69) is 17.2 Å². The molecule has 0 aromatic carbocycles. The number of amides is 1. The first-order chi connectivity index (χ1) is 9.19. The molecule has 1 fully saturated rings. The summed E-state index contributed by atoms with van der Waals surface area (Å²) in [6.07, 6.45) is 8.59. The van der Waals surface area contributed by atoms with Crippen LogP contribution in [-0.4, -0.2) is 16.0 Å². The van der Waals surface area contributed by atoms with Gasteiger partial charge in [-0.15, -0.1) is 0 Å². The molecule has 19 heavy (non-hydrogen) atoms. The Balaban J connectivity index is 1.90. The second-order valence-electron chi connectivity index (χ2n) is 5.58. The number of carbonyl (C=O) groups is 1. The third-order valence-corrected chi connectivity index (χ3v) is 3.87. The number of hydrogen-bond acceptors (Lipinski definition) is 3. The minimum atomic E-state index is -0.0847. The molecule has 0 spiro atoms. The molecule has 104 valence electrons. The van der Waals surface area contributed by atoms with Gasteiger partial charge < -0.3 is 10.4 Å². The average molecular weight is 262 g/mol. The van der Waals surface area contributed by atoms with Gasteiger partial charge in [0.05, 0.1) is 18.5 Å². The van der Waals surface area contributed by atoms with E-state index < -0.39 is 0 Å². The van der Waals surface area contributed by atoms with Crippen LogP contribution in [-0.2, 0) is 11.4 Å². The van der Waals surface area contributed by atoms with Crippen molar-refractivity contribution in [3.63, 3.8) is 0 Å². The molecule has 1 amide bonds. The minimum Gasteiger partial charge on any atom is -0.392 e. The number of aromatic nitrogens is 1. The first-order valence-corrected chi connectivity index (χ1v) is 7.02. The molecule has 2 N–H and O–H groups in total. The van der Waals surface area contributed by atoms with E-state index in [9.17, 15) is 9.90 Å². The van der Waals surface area contributed by atoms with Gasteiger partial charge in [0.15, 0.2) is 0 Å². The lowest BCUT2D eigenvalue weighted by Crippen LogP contribution is -2.21. The number of rotatable bonds is 4. The maximum Gasteiger partial charge on any atom is 0.224 e. The Morgan fingerprint density at radius 3 is 3.11 bits per heavy atom. The van der Waals surface area contributed by atoms with Gasteiger partial charge in [-0.2, -0.15) is 0 Å². The SMILES string of the molecule is CC1CCCC(CC(=O)Nc2cnccc2CO)C1. The lowest BCUT2D eigenvalue weighted by molar-refractivity contribution is -0.117. The van der Waals surface area contributed by atoms with Crippen LogP contribution < -0.4 is 5.32 Å². The predicted molar refractivity (Wildman–Crippen MR) is 74.5 cm³/mol. The van der Waals surface area contributed by atoms with Crippen LogP contribution in [0.25, 0.3) is 0 Å². The Kier molecular flexibility index (Phi) is 4.91. The van der Waals surface area contributed by atoms with Gasteiger partial charge in [-0.3, -0.25) is 9.78 Å². The summed E-state index contributed by atoms with van der Waals surface area (Å²) in [6.45, 7) is 2.17. The molecule has 1 aromatic heterocycles. The lowest BCUT2D eigenvalue weighted by atomic mass is 9.81. The van der Waals surface area contributed by atoms with Crippen molar-refractivity contribution in [1.29, 1.82) is 0 Å². The van der Waals surface area contributed by atoms with Gasteiger partial charge in [-0.05, 0) is 30.7 Å². The number of nitrogens with one attached hydrogen (secondary N) is 1. The highest BCUT2D eigenvalue weighted by atomic mass is 16.3. The molecule has 1 aliphatic carbocycles. The van der Waals surface area contributed by atoms with Crippen LogP contribution in [0.4, 0.5) is 5.69 Å². The van der Waals surface area contributed by atoms with Crippen molar-refractivity contribution < 1.29 is 9.90 Å². The number of pyridine rings is 1. The Morgan fingerprint density at radius 1 is 1.53 bits per heavy atom. The normalized spacial score (nSPS) is 23.1. The summed E-state index contributed by atoms with van der Waals surface area (Å²) in [5, 5.41) is 12.1. The second kappa shape index (κ2) is 6.66. The summed E-state index contributed by atoms with van der Waals surface area (Å²) in [6, 6.07) is 1.72. The molecule has 0 radical (unpaired) electrons. The highest BCUT2D eigenvalue weighted by Gasteiger charge is 2.21. The quantitative estimate of drug-likeness (QED) is 0.877. The average Bonchev–Trinajstić information content (AvgIpc) is 2.39. The molecule has 1 saturated carbocycles. The third-order valence-electron chi connectivity index (χ3n) is 3.87. The zero-order chi connectivity index (χ0) is 13.7. The van der Waals surface area contributed by atoms with E-state index in [1.807, 2.05) is 0 Å². The van der Waals surface area contributed by atoms with Crippen molar-refractivity contribution in [1.82, 2.24) is 4.98 Å². The van der Waals surface area contributed by atoms with Gasteiger partial charge in [0.2, 0.25) is 5.91 Å². The molecule has 2 rings (SSSR count). The summed E-state index contributed by atoms with van der Waals surface area (Å²) in [7, 11) is 0. The fourth-order valence-corrected chi connectivity index (χ4v) is 2.88. The Morgan fingerprint density at radius 2 is 2.37 bits per heavy atom. The molecule has 4 nitrogen and oxygen atoms in total. The zero-order valence-electron chi connectivity index (χ0n) is 11.4. The van der Waals surface area contributed by atoms with E-state index in [1.165, 1.54) is 12.8 Å². The fourth-order valence-electron chi connectivity index (χ4n) is 2.88. The minimum absolute atomic E-state index is 0.0294. The third kappa shape index (κ3) is 4.03. The zero-order valence-corrected chi connectivity index (χ0v) is 11.4. The van der Waals surface area contributed by atoms with Crippen molar-refractivity contribution in [2.75, 3.05) is 5.32 Å². The van der Waals surface area contributed by atoms with E-state index in [1.54, 1.807) is 18.5 Å². The van der Waals surface area contributed by atoms with Crippen LogP contribution in [0.3, 0.4) is 0 Å². The maximum atomic E-state index is 12.0. The first-order valence-electron chi connectivity index (χ1n) is 7.02. The Hall–Kier alpha value is -1.42. The van der Waals surface area contributed by atoms with Crippen LogP contribution >= 0.6 is 0 Å². The molecule has 0 saturated heterocycles. The van der Waals surface area contributed by atoms with E-state index >= 15 is 0 Å². The number of aliphatic hydroxyl groups excluding tert-OH is 1. The molecule has 0 bridgehead atoms. The van der Waals surface area contributed by atoms with Crippen molar-refractivity contribution in [3.05, 3.63) is 24.0 Å². The van der Waals surface area contributed by atoms with Crippen molar-refractivity contribution >= 4 is 11.6 Å². The Bertz CT molecular complexity index is 434. The summed E-state index contributed by atoms with van der Waals surface area (Å²) in [5.74, 6) is 1.26. The fraction of sp³-hybridized carbons (Fsp3) is 0.600.